The maximum Gasteiger partial charge on any atom is 0.146 e. The third-order valence-electron chi connectivity index (χ3n) is 1.85. The monoisotopic (exact) mass is 224 g/mol. The number of benzene rings is 1. The number of hydrogen-bond acceptors (Lipinski definition) is 3. The zero-order valence-electron chi connectivity index (χ0n) is 7.70. The molecule has 0 aliphatic carbocycles. The summed E-state index contributed by atoms with van der Waals surface area (Å²) in [6.07, 6.45) is 0.779. The van der Waals surface area contributed by atoms with Crippen LogP contribution in [-0.2, 0) is 6.42 Å². The lowest BCUT2D eigenvalue weighted by atomic mass is 10.1. The van der Waals surface area contributed by atoms with Crippen molar-refractivity contribution < 1.29 is 0 Å². The smallest absolute Gasteiger partial charge is 0.146 e. The van der Waals surface area contributed by atoms with E-state index in [4.69, 9.17) is 11.6 Å². The number of hydrogen-bond donors (Lipinski definition) is 0. The molecule has 0 N–H and O–H groups in total. The summed E-state index contributed by atoms with van der Waals surface area (Å²) in [4.78, 5) is 4.30. The predicted octanol–water partition coefficient (Wildman–Crippen LogP) is 3.09. The standard InChI is InChI=1S/C10H9ClN2S/c1-7-12-10(13-14-7)6-8-2-4-9(11)5-3-8/h2-5H,6H2,1H3. The molecule has 0 fully saturated rings. The Labute approximate surface area is 91.7 Å². The van der Waals surface area contributed by atoms with Crippen LogP contribution in [-0.4, -0.2) is 9.36 Å². The van der Waals surface area contributed by atoms with Gasteiger partial charge in [-0.3, -0.25) is 0 Å². The van der Waals surface area contributed by atoms with Crippen LogP contribution in [0.15, 0.2) is 24.3 Å². The maximum atomic E-state index is 5.79. The second-order valence-corrected chi connectivity index (χ2v) is 4.43. The van der Waals surface area contributed by atoms with Crippen molar-refractivity contribution in [2.24, 2.45) is 0 Å². The van der Waals surface area contributed by atoms with E-state index < -0.39 is 0 Å². The molecule has 0 aliphatic rings. The van der Waals surface area contributed by atoms with Crippen LogP contribution in [0.25, 0.3) is 0 Å². The van der Waals surface area contributed by atoms with Crippen LogP contribution in [0.3, 0.4) is 0 Å². The van der Waals surface area contributed by atoms with Crippen LogP contribution in [0.4, 0.5) is 0 Å². The molecule has 0 saturated carbocycles. The molecule has 0 saturated heterocycles. The first-order chi connectivity index (χ1) is 6.74. The first kappa shape index (κ1) is 9.62. The van der Waals surface area contributed by atoms with E-state index in [-0.39, 0.29) is 0 Å². The molecule has 0 radical (unpaired) electrons. The van der Waals surface area contributed by atoms with Gasteiger partial charge in [0.15, 0.2) is 0 Å². The van der Waals surface area contributed by atoms with E-state index in [0.29, 0.717) is 0 Å². The molecule has 72 valence electrons. The van der Waals surface area contributed by atoms with Crippen LogP contribution in [0.2, 0.25) is 5.02 Å². The Bertz CT molecular complexity index is 422. The summed E-state index contributed by atoms with van der Waals surface area (Å²) in [6.45, 7) is 1.96. The lowest BCUT2D eigenvalue weighted by molar-refractivity contribution is 1.02. The highest BCUT2D eigenvalue weighted by atomic mass is 35.5. The number of rotatable bonds is 2. The molecular weight excluding hydrogens is 216 g/mol. The zero-order chi connectivity index (χ0) is 9.97. The Morgan fingerprint density at radius 2 is 2.00 bits per heavy atom. The fourth-order valence-corrected chi connectivity index (χ4v) is 1.81. The van der Waals surface area contributed by atoms with Gasteiger partial charge in [0.05, 0.1) is 0 Å². The van der Waals surface area contributed by atoms with Crippen LogP contribution in [0, 0.1) is 6.92 Å². The highest BCUT2D eigenvalue weighted by Crippen LogP contribution is 2.13. The van der Waals surface area contributed by atoms with E-state index in [2.05, 4.69) is 9.36 Å². The average molecular weight is 225 g/mol. The van der Waals surface area contributed by atoms with Crippen LogP contribution >= 0.6 is 23.1 Å². The fraction of sp³-hybridized carbons (Fsp3) is 0.200. The molecule has 2 rings (SSSR count). The third-order valence-corrected chi connectivity index (χ3v) is 2.75. The highest BCUT2D eigenvalue weighted by Gasteiger charge is 2.01. The van der Waals surface area contributed by atoms with Crippen molar-refractivity contribution >= 4 is 23.1 Å². The summed E-state index contributed by atoms with van der Waals surface area (Å²) in [6, 6.07) is 7.77. The Kier molecular flexibility index (Phi) is 2.79. The SMILES string of the molecule is Cc1nc(Cc2ccc(Cl)cc2)ns1. The number of nitrogens with zero attached hydrogens (tertiary/aromatic N) is 2. The van der Waals surface area contributed by atoms with Crippen molar-refractivity contribution in [1.82, 2.24) is 9.36 Å². The van der Waals surface area contributed by atoms with Crippen molar-refractivity contribution in [3.63, 3.8) is 0 Å². The lowest BCUT2D eigenvalue weighted by Crippen LogP contribution is -1.89. The molecule has 0 atom stereocenters. The van der Waals surface area contributed by atoms with Gasteiger partial charge in [0, 0.05) is 11.4 Å². The highest BCUT2D eigenvalue weighted by molar-refractivity contribution is 7.05. The minimum absolute atomic E-state index is 0.760. The Morgan fingerprint density at radius 1 is 1.29 bits per heavy atom. The molecule has 1 aromatic carbocycles. The van der Waals surface area contributed by atoms with E-state index in [0.717, 1.165) is 22.3 Å². The molecule has 0 bridgehead atoms. The van der Waals surface area contributed by atoms with Crippen LogP contribution < -0.4 is 0 Å². The molecule has 2 nitrogen and oxygen atoms in total. The second-order valence-electron chi connectivity index (χ2n) is 3.03. The summed E-state index contributed by atoms with van der Waals surface area (Å²) in [5.41, 5.74) is 1.19. The molecule has 0 amide bonds. The third kappa shape index (κ3) is 2.30. The van der Waals surface area contributed by atoms with E-state index in [1.165, 1.54) is 17.1 Å². The van der Waals surface area contributed by atoms with E-state index >= 15 is 0 Å². The normalized spacial score (nSPS) is 10.4. The summed E-state index contributed by atoms with van der Waals surface area (Å²) < 4.78 is 4.23. The quantitative estimate of drug-likeness (QED) is 0.784. The summed E-state index contributed by atoms with van der Waals surface area (Å²) in [7, 11) is 0. The molecule has 0 aliphatic heterocycles. The molecule has 14 heavy (non-hydrogen) atoms. The zero-order valence-corrected chi connectivity index (χ0v) is 9.27. The van der Waals surface area contributed by atoms with Gasteiger partial charge >= 0.3 is 0 Å². The Hall–Kier alpha value is -0.930. The predicted molar refractivity (Wildman–Crippen MR) is 58.9 cm³/mol. The van der Waals surface area contributed by atoms with Crippen molar-refractivity contribution in [2.45, 2.75) is 13.3 Å². The van der Waals surface area contributed by atoms with Crippen molar-refractivity contribution in [3.05, 3.63) is 45.7 Å². The lowest BCUT2D eigenvalue weighted by Gasteiger charge is -1.96. The van der Waals surface area contributed by atoms with Crippen molar-refractivity contribution in [1.29, 1.82) is 0 Å². The van der Waals surface area contributed by atoms with Gasteiger partial charge in [0.25, 0.3) is 0 Å². The number of aryl methyl sites for hydroxylation is 1. The van der Waals surface area contributed by atoms with Crippen molar-refractivity contribution in [2.75, 3.05) is 0 Å². The second kappa shape index (κ2) is 4.07. The molecule has 4 heteroatoms. The molecule has 1 aromatic heterocycles. The van der Waals surface area contributed by atoms with Gasteiger partial charge < -0.3 is 0 Å². The Morgan fingerprint density at radius 3 is 2.57 bits per heavy atom. The summed E-state index contributed by atoms with van der Waals surface area (Å²) in [5.74, 6) is 0.884. The molecule has 2 aromatic rings. The summed E-state index contributed by atoms with van der Waals surface area (Å²) >= 11 is 7.23. The largest absolute Gasteiger partial charge is 0.225 e. The minimum atomic E-state index is 0.760. The van der Waals surface area contributed by atoms with Crippen LogP contribution in [0.5, 0.6) is 0 Å². The van der Waals surface area contributed by atoms with Crippen molar-refractivity contribution in [3.8, 4) is 0 Å². The molecular formula is C10H9ClN2S. The van der Waals surface area contributed by atoms with Gasteiger partial charge in [-0.2, -0.15) is 4.37 Å². The Balaban J connectivity index is 2.15. The van der Waals surface area contributed by atoms with Gasteiger partial charge in [-0.1, -0.05) is 23.7 Å². The minimum Gasteiger partial charge on any atom is -0.225 e. The maximum absolute atomic E-state index is 5.79. The molecule has 0 unspecified atom stereocenters. The van der Waals surface area contributed by atoms with E-state index in [9.17, 15) is 0 Å². The first-order valence-electron chi connectivity index (χ1n) is 4.27. The van der Waals surface area contributed by atoms with Crippen LogP contribution in [0.1, 0.15) is 16.4 Å². The number of aromatic nitrogens is 2. The van der Waals surface area contributed by atoms with Gasteiger partial charge in [-0.25, -0.2) is 4.98 Å². The molecule has 0 spiro atoms. The summed E-state index contributed by atoms with van der Waals surface area (Å²) in [5, 5.41) is 1.77. The van der Waals surface area contributed by atoms with Gasteiger partial charge in [-0.15, -0.1) is 0 Å². The number of halogens is 1. The average Bonchev–Trinajstić information content (AvgIpc) is 2.56. The fourth-order valence-electron chi connectivity index (χ4n) is 1.20. The van der Waals surface area contributed by atoms with Gasteiger partial charge in [-0.05, 0) is 36.2 Å². The topological polar surface area (TPSA) is 25.8 Å². The first-order valence-corrected chi connectivity index (χ1v) is 5.43. The molecule has 1 heterocycles. The van der Waals surface area contributed by atoms with Gasteiger partial charge in [0.2, 0.25) is 0 Å². The van der Waals surface area contributed by atoms with E-state index in [1.54, 1.807) is 0 Å². The van der Waals surface area contributed by atoms with E-state index in [1.807, 2.05) is 31.2 Å². The van der Waals surface area contributed by atoms with Gasteiger partial charge in [0.1, 0.15) is 10.8 Å².